The number of carbonyl (C=O) groups excluding carboxylic acids is 1. The normalized spacial score (nSPS) is 11.8. The lowest BCUT2D eigenvalue weighted by molar-refractivity contribution is 0.205. The van der Waals surface area contributed by atoms with E-state index >= 15 is 0 Å². The van der Waals surface area contributed by atoms with Gasteiger partial charge in [-0.15, -0.1) is 0 Å². The van der Waals surface area contributed by atoms with Gasteiger partial charge in [0.2, 0.25) is 0 Å². The molecule has 1 heterocycles. The second-order valence-corrected chi connectivity index (χ2v) is 7.50. The maximum Gasteiger partial charge on any atom is 0.322 e. The van der Waals surface area contributed by atoms with Crippen LogP contribution in [-0.2, 0) is 0 Å². The predicted octanol–water partition coefficient (Wildman–Crippen LogP) is 4.92. The fraction of sp³-hybridized carbons (Fsp3) is 0.160. The van der Waals surface area contributed by atoms with Gasteiger partial charge in [-0.1, -0.05) is 48.5 Å². The molecule has 156 valence electrons. The smallest absolute Gasteiger partial charge is 0.318 e. The Morgan fingerprint density at radius 1 is 0.968 bits per heavy atom. The number of aryl methyl sites for hydroxylation is 1. The van der Waals surface area contributed by atoms with Gasteiger partial charge in [0.15, 0.2) is 0 Å². The number of fused-ring (bicyclic) bond motifs is 1. The Labute approximate surface area is 180 Å². The summed E-state index contributed by atoms with van der Waals surface area (Å²) in [5.41, 5.74) is 2.86. The lowest BCUT2D eigenvalue weighted by atomic mass is 10.1. The molecule has 6 nitrogen and oxygen atoms in total. The zero-order chi connectivity index (χ0) is 22.0. The van der Waals surface area contributed by atoms with E-state index in [0.717, 1.165) is 11.3 Å². The largest absolute Gasteiger partial charge is 0.322 e. The molecule has 1 unspecified atom stereocenters. The lowest BCUT2D eigenvalue weighted by Crippen LogP contribution is -2.37. The number of nitrogens with zero attached hydrogens (tertiary/aromatic N) is 3. The van der Waals surface area contributed by atoms with E-state index in [2.05, 4.69) is 5.32 Å². The topological polar surface area (TPSA) is 67.2 Å². The Morgan fingerprint density at radius 2 is 1.61 bits per heavy atom. The number of urea groups is 1. The number of hydrogen-bond acceptors (Lipinski definition) is 3. The lowest BCUT2D eigenvalue weighted by Gasteiger charge is -2.27. The Bertz CT molecular complexity index is 1300. The van der Waals surface area contributed by atoms with Crippen LogP contribution in [0.2, 0.25) is 0 Å². The van der Waals surface area contributed by atoms with Gasteiger partial charge in [-0.05, 0) is 49.7 Å². The summed E-state index contributed by atoms with van der Waals surface area (Å²) in [6.07, 6.45) is 0. The SMILES string of the molecule is Cc1ccccc1-n1c(C(C)N(C)C(=O)Nc2ccccc2)nc2ccccc2c1=O. The average molecular weight is 412 g/mol. The predicted molar refractivity (Wildman–Crippen MR) is 124 cm³/mol. The third-order valence-electron chi connectivity index (χ3n) is 5.46. The van der Waals surface area contributed by atoms with Crippen LogP contribution in [0.25, 0.3) is 16.6 Å². The van der Waals surface area contributed by atoms with E-state index in [9.17, 15) is 9.59 Å². The molecule has 0 aliphatic rings. The van der Waals surface area contributed by atoms with Gasteiger partial charge < -0.3 is 10.2 Å². The Morgan fingerprint density at radius 3 is 2.35 bits per heavy atom. The highest BCUT2D eigenvalue weighted by atomic mass is 16.2. The van der Waals surface area contributed by atoms with Gasteiger partial charge in [0.25, 0.3) is 5.56 Å². The molecule has 2 amide bonds. The van der Waals surface area contributed by atoms with Crippen LogP contribution in [0.4, 0.5) is 10.5 Å². The molecule has 0 aliphatic heterocycles. The third kappa shape index (κ3) is 3.92. The van der Waals surface area contributed by atoms with Crippen molar-refractivity contribution in [3.8, 4) is 5.69 Å². The number of aromatic nitrogens is 2. The molecule has 0 saturated heterocycles. The first-order valence-corrected chi connectivity index (χ1v) is 10.1. The van der Waals surface area contributed by atoms with Gasteiger partial charge in [-0.2, -0.15) is 0 Å². The van der Waals surface area contributed by atoms with Crippen molar-refractivity contribution in [2.75, 3.05) is 12.4 Å². The number of anilines is 1. The maximum atomic E-state index is 13.5. The molecule has 0 spiro atoms. The van der Waals surface area contributed by atoms with Crippen molar-refractivity contribution in [3.05, 3.63) is 101 Å². The molecule has 3 aromatic carbocycles. The van der Waals surface area contributed by atoms with Gasteiger partial charge in [0, 0.05) is 12.7 Å². The van der Waals surface area contributed by atoms with Gasteiger partial charge in [-0.3, -0.25) is 9.36 Å². The number of para-hydroxylation sites is 3. The Hall–Kier alpha value is -3.93. The van der Waals surface area contributed by atoms with Crippen LogP contribution in [-0.4, -0.2) is 27.5 Å². The van der Waals surface area contributed by atoms with Crippen molar-refractivity contribution in [3.63, 3.8) is 0 Å². The quantitative estimate of drug-likeness (QED) is 0.517. The van der Waals surface area contributed by atoms with Crippen LogP contribution in [0.3, 0.4) is 0 Å². The summed E-state index contributed by atoms with van der Waals surface area (Å²) >= 11 is 0. The molecule has 0 bridgehead atoms. The summed E-state index contributed by atoms with van der Waals surface area (Å²) in [6.45, 7) is 3.83. The summed E-state index contributed by atoms with van der Waals surface area (Å²) in [5.74, 6) is 0.503. The molecule has 0 saturated carbocycles. The minimum atomic E-state index is -0.458. The number of nitrogens with one attached hydrogen (secondary N) is 1. The van der Waals surface area contributed by atoms with E-state index in [0.29, 0.717) is 22.4 Å². The monoisotopic (exact) mass is 412 g/mol. The van der Waals surface area contributed by atoms with Crippen LogP contribution >= 0.6 is 0 Å². The number of benzene rings is 3. The summed E-state index contributed by atoms with van der Waals surface area (Å²) in [4.78, 5) is 32.7. The highest BCUT2D eigenvalue weighted by molar-refractivity contribution is 5.89. The van der Waals surface area contributed by atoms with Crippen molar-refractivity contribution in [2.24, 2.45) is 0 Å². The first-order chi connectivity index (χ1) is 15.0. The summed E-state index contributed by atoms with van der Waals surface area (Å²) in [5, 5.41) is 3.43. The van der Waals surface area contributed by atoms with E-state index in [1.54, 1.807) is 22.6 Å². The molecular weight excluding hydrogens is 388 g/mol. The standard InChI is InChI=1S/C25H24N4O2/c1-17-11-7-10-16-22(17)29-23(27-21-15-9-8-14-20(21)24(29)30)18(2)28(3)25(31)26-19-12-5-4-6-13-19/h4-16,18H,1-3H3,(H,26,31). The molecule has 1 aromatic heterocycles. The minimum Gasteiger partial charge on any atom is -0.318 e. The van der Waals surface area contributed by atoms with Gasteiger partial charge in [0.1, 0.15) is 5.82 Å². The van der Waals surface area contributed by atoms with Gasteiger partial charge >= 0.3 is 6.03 Å². The van der Waals surface area contributed by atoms with Crippen LogP contribution in [0.15, 0.2) is 83.7 Å². The van der Waals surface area contributed by atoms with Crippen molar-refractivity contribution in [1.82, 2.24) is 14.5 Å². The molecule has 1 N–H and O–H groups in total. The van der Waals surface area contributed by atoms with Crippen molar-refractivity contribution < 1.29 is 4.79 Å². The summed E-state index contributed by atoms with van der Waals surface area (Å²) in [7, 11) is 1.70. The van der Waals surface area contributed by atoms with E-state index < -0.39 is 6.04 Å². The molecule has 4 aromatic rings. The maximum absolute atomic E-state index is 13.5. The molecule has 0 fully saturated rings. The summed E-state index contributed by atoms with van der Waals surface area (Å²) in [6, 6.07) is 23.5. The second kappa shape index (κ2) is 8.44. The van der Waals surface area contributed by atoms with Crippen LogP contribution < -0.4 is 10.9 Å². The molecular formula is C25H24N4O2. The van der Waals surface area contributed by atoms with Crippen molar-refractivity contribution in [2.45, 2.75) is 19.9 Å². The highest BCUT2D eigenvalue weighted by Crippen LogP contribution is 2.24. The van der Waals surface area contributed by atoms with E-state index in [-0.39, 0.29) is 11.6 Å². The number of hydrogen-bond donors (Lipinski definition) is 1. The van der Waals surface area contributed by atoms with Crippen LogP contribution in [0, 0.1) is 6.92 Å². The molecule has 4 rings (SSSR count). The highest BCUT2D eigenvalue weighted by Gasteiger charge is 2.24. The van der Waals surface area contributed by atoms with Crippen LogP contribution in [0.1, 0.15) is 24.4 Å². The van der Waals surface area contributed by atoms with E-state index in [1.165, 1.54) is 0 Å². The van der Waals surface area contributed by atoms with Gasteiger partial charge in [-0.25, -0.2) is 9.78 Å². The molecule has 6 heteroatoms. The van der Waals surface area contributed by atoms with E-state index in [1.807, 2.05) is 86.6 Å². The molecule has 1 atom stereocenters. The number of amides is 2. The number of rotatable bonds is 4. The minimum absolute atomic E-state index is 0.154. The molecule has 0 radical (unpaired) electrons. The van der Waals surface area contributed by atoms with Crippen molar-refractivity contribution >= 4 is 22.6 Å². The fourth-order valence-corrected chi connectivity index (χ4v) is 3.56. The zero-order valence-electron chi connectivity index (χ0n) is 17.7. The zero-order valence-corrected chi connectivity index (χ0v) is 17.7. The average Bonchev–Trinajstić information content (AvgIpc) is 2.79. The Kier molecular flexibility index (Phi) is 5.54. The molecule has 31 heavy (non-hydrogen) atoms. The van der Waals surface area contributed by atoms with Crippen molar-refractivity contribution in [1.29, 1.82) is 0 Å². The first-order valence-electron chi connectivity index (χ1n) is 10.1. The third-order valence-corrected chi connectivity index (χ3v) is 5.46. The fourth-order valence-electron chi connectivity index (χ4n) is 3.56. The van der Waals surface area contributed by atoms with Gasteiger partial charge in [0.05, 0.1) is 22.6 Å². The summed E-state index contributed by atoms with van der Waals surface area (Å²) < 4.78 is 1.62. The van der Waals surface area contributed by atoms with Crippen LogP contribution in [0.5, 0.6) is 0 Å². The number of carbonyl (C=O) groups is 1. The van der Waals surface area contributed by atoms with E-state index in [4.69, 9.17) is 4.98 Å². The first kappa shape index (κ1) is 20.3. The molecule has 0 aliphatic carbocycles. The Balaban J connectivity index is 1.82. The second-order valence-electron chi connectivity index (χ2n) is 7.50.